The molecule has 3 N–H and O–H groups in total. The van der Waals surface area contributed by atoms with Crippen LogP contribution in [0, 0.1) is 0 Å². The van der Waals surface area contributed by atoms with Crippen LogP contribution < -0.4 is 5.32 Å². The highest BCUT2D eigenvalue weighted by atomic mass is 16.7. The minimum absolute atomic E-state index is 0.00405. The minimum atomic E-state index is -0.843. The first-order valence-electron chi connectivity index (χ1n) is 18.8. The van der Waals surface area contributed by atoms with E-state index in [-0.39, 0.29) is 37.6 Å². The number of nitrogens with one attached hydrogen (secondary N) is 1. The quantitative estimate of drug-likeness (QED) is 0.0907. The fraction of sp³-hybridized carbons (Fsp3) is 0.650. The Balaban J connectivity index is 1.71. The van der Waals surface area contributed by atoms with Crippen molar-refractivity contribution in [2.45, 2.75) is 148 Å². The summed E-state index contributed by atoms with van der Waals surface area (Å²) in [5.41, 5.74) is 3.45. The van der Waals surface area contributed by atoms with Gasteiger partial charge < -0.3 is 29.9 Å². The molecule has 2 aromatic rings. The van der Waals surface area contributed by atoms with Crippen LogP contribution in [0.15, 0.2) is 48.5 Å². The number of benzene rings is 2. The number of aliphatic hydroxyl groups is 1. The van der Waals surface area contributed by atoms with Gasteiger partial charge in [0.05, 0.1) is 18.8 Å². The third-order valence-corrected chi connectivity index (χ3v) is 9.22. The number of anilines is 1. The number of nitrogens with zero attached hydrogens (tertiary/aromatic N) is 1. The van der Waals surface area contributed by atoms with Gasteiger partial charge in [-0.1, -0.05) is 114 Å². The van der Waals surface area contributed by atoms with Crippen molar-refractivity contribution < 1.29 is 29.3 Å². The van der Waals surface area contributed by atoms with Gasteiger partial charge in [-0.3, -0.25) is 9.59 Å². The van der Waals surface area contributed by atoms with E-state index >= 15 is 0 Å². The number of amides is 1. The number of hydrogen-bond donors (Lipinski definition) is 3. The van der Waals surface area contributed by atoms with Gasteiger partial charge in [-0.05, 0) is 62.0 Å². The fourth-order valence-electron chi connectivity index (χ4n) is 6.40. The van der Waals surface area contributed by atoms with Gasteiger partial charge in [-0.25, -0.2) is 0 Å². The third-order valence-electron chi connectivity index (χ3n) is 9.22. The van der Waals surface area contributed by atoms with Crippen molar-refractivity contribution in [2.24, 2.45) is 0 Å². The Morgan fingerprint density at radius 3 is 2.02 bits per heavy atom. The highest BCUT2D eigenvalue weighted by molar-refractivity contribution is 5.90. The van der Waals surface area contributed by atoms with E-state index in [2.05, 4.69) is 24.1 Å². The van der Waals surface area contributed by atoms with E-state index in [4.69, 9.17) is 14.6 Å². The molecule has 8 nitrogen and oxygen atoms in total. The van der Waals surface area contributed by atoms with E-state index in [1.807, 2.05) is 48.5 Å². The highest BCUT2D eigenvalue weighted by Crippen LogP contribution is 2.38. The van der Waals surface area contributed by atoms with E-state index in [9.17, 15) is 14.7 Å². The van der Waals surface area contributed by atoms with Gasteiger partial charge in [-0.2, -0.15) is 0 Å². The predicted molar refractivity (Wildman–Crippen MR) is 193 cm³/mol. The molecule has 0 aromatic heterocycles. The Labute approximate surface area is 289 Å². The van der Waals surface area contributed by atoms with Crippen LogP contribution in [0.3, 0.4) is 0 Å². The maximum Gasteiger partial charge on any atom is 0.303 e. The van der Waals surface area contributed by atoms with E-state index in [0.29, 0.717) is 18.5 Å². The molecule has 1 saturated heterocycles. The Bertz CT molecular complexity index is 1160. The van der Waals surface area contributed by atoms with Crippen LogP contribution in [-0.4, -0.2) is 52.7 Å². The summed E-state index contributed by atoms with van der Waals surface area (Å²) >= 11 is 0. The maximum absolute atomic E-state index is 12.6. The molecule has 0 spiro atoms. The normalized spacial score (nSPS) is 17.9. The second kappa shape index (κ2) is 23.6. The Kier molecular flexibility index (Phi) is 19.5. The number of carbonyl (C=O) groups excluding carboxylic acids is 1. The largest absolute Gasteiger partial charge is 0.481 e. The lowest BCUT2D eigenvalue weighted by molar-refractivity contribution is -0.253. The average molecular weight is 667 g/mol. The lowest BCUT2D eigenvalue weighted by Gasteiger charge is -2.38. The van der Waals surface area contributed by atoms with E-state index in [0.717, 1.165) is 42.7 Å². The van der Waals surface area contributed by atoms with Crippen molar-refractivity contribution >= 4 is 17.6 Å². The standard InChI is InChI=1S/C40H62N2O6/c1-3-5-7-9-11-15-26-42(27-16-12-10-8-6-4-2)30-36-29-37(33-24-22-32(31-43)23-25-33)48-40(47-36)34-18-17-19-35(28-34)41-38(44)20-13-14-21-39(45)46/h17-19,22-25,28,36-37,40,43H,3-16,20-21,26-27,29-31H2,1-2H3,(H,41,44)(H,45,46). The van der Waals surface area contributed by atoms with Gasteiger partial charge in [-0.15, -0.1) is 0 Å². The molecular formula is C40H62N2O6. The van der Waals surface area contributed by atoms with Gasteiger partial charge in [0, 0.05) is 37.1 Å². The summed E-state index contributed by atoms with van der Waals surface area (Å²) in [5, 5.41) is 21.4. The third kappa shape index (κ3) is 15.6. The summed E-state index contributed by atoms with van der Waals surface area (Å²) in [6.07, 6.45) is 16.6. The molecule has 1 heterocycles. The summed E-state index contributed by atoms with van der Waals surface area (Å²) in [7, 11) is 0. The number of rotatable bonds is 25. The molecule has 3 unspecified atom stereocenters. The molecular weight excluding hydrogens is 604 g/mol. The highest BCUT2D eigenvalue weighted by Gasteiger charge is 2.33. The number of aliphatic hydroxyl groups excluding tert-OH is 1. The van der Waals surface area contributed by atoms with E-state index in [1.54, 1.807) is 0 Å². The summed E-state index contributed by atoms with van der Waals surface area (Å²) in [5.74, 6) is -0.979. The molecule has 1 aliphatic rings. The van der Waals surface area contributed by atoms with Crippen LogP contribution >= 0.6 is 0 Å². The zero-order chi connectivity index (χ0) is 34.4. The van der Waals surface area contributed by atoms with Crippen molar-refractivity contribution in [3.05, 3.63) is 65.2 Å². The van der Waals surface area contributed by atoms with Crippen LogP contribution in [0.4, 0.5) is 5.69 Å². The molecule has 8 heteroatoms. The first kappa shape index (κ1) is 39.7. The van der Waals surface area contributed by atoms with Crippen LogP contribution in [0.5, 0.6) is 0 Å². The molecule has 3 rings (SSSR count). The van der Waals surface area contributed by atoms with Crippen LogP contribution in [-0.2, 0) is 25.7 Å². The molecule has 0 aliphatic carbocycles. The van der Waals surface area contributed by atoms with Crippen LogP contribution in [0.1, 0.15) is 152 Å². The number of carboxylic acid groups (broad SMARTS) is 1. The first-order valence-corrected chi connectivity index (χ1v) is 18.8. The molecule has 1 aliphatic heterocycles. The number of ether oxygens (including phenoxy) is 2. The molecule has 0 radical (unpaired) electrons. The number of aliphatic carboxylic acids is 1. The zero-order valence-corrected chi connectivity index (χ0v) is 29.7. The minimum Gasteiger partial charge on any atom is -0.481 e. The summed E-state index contributed by atoms with van der Waals surface area (Å²) in [6, 6.07) is 15.6. The van der Waals surface area contributed by atoms with Gasteiger partial charge in [0.25, 0.3) is 0 Å². The number of carbonyl (C=O) groups is 2. The zero-order valence-electron chi connectivity index (χ0n) is 29.7. The fourth-order valence-corrected chi connectivity index (χ4v) is 6.40. The summed E-state index contributed by atoms with van der Waals surface area (Å²) in [6.45, 7) is 7.54. The molecule has 268 valence electrons. The lowest BCUT2D eigenvalue weighted by Crippen LogP contribution is -2.40. The maximum atomic E-state index is 12.6. The molecule has 1 amide bonds. The smallest absolute Gasteiger partial charge is 0.303 e. The van der Waals surface area contributed by atoms with E-state index < -0.39 is 12.3 Å². The predicted octanol–water partition coefficient (Wildman–Crippen LogP) is 9.33. The Hall–Kier alpha value is -2.78. The van der Waals surface area contributed by atoms with Gasteiger partial charge >= 0.3 is 5.97 Å². The second-order valence-electron chi connectivity index (χ2n) is 13.5. The number of carboxylic acids is 1. The number of hydrogen-bond acceptors (Lipinski definition) is 6. The van der Waals surface area contributed by atoms with Crippen molar-refractivity contribution in [3.63, 3.8) is 0 Å². The van der Waals surface area contributed by atoms with Crippen LogP contribution in [0.25, 0.3) is 0 Å². The summed E-state index contributed by atoms with van der Waals surface area (Å²) < 4.78 is 13.3. The molecule has 48 heavy (non-hydrogen) atoms. The molecule has 0 saturated carbocycles. The van der Waals surface area contributed by atoms with Crippen molar-refractivity contribution in [1.82, 2.24) is 4.90 Å². The van der Waals surface area contributed by atoms with Crippen LogP contribution in [0.2, 0.25) is 0 Å². The lowest BCUT2D eigenvalue weighted by atomic mass is 9.99. The Morgan fingerprint density at radius 2 is 1.40 bits per heavy atom. The topological polar surface area (TPSA) is 108 Å². The van der Waals surface area contributed by atoms with Crippen molar-refractivity contribution in [1.29, 1.82) is 0 Å². The van der Waals surface area contributed by atoms with Gasteiger partial charge in [0.15, 0.2) is 6.29 Å². The van der Waals surface area contributed by atoms with Gasteiger partial charge in [0.1, 0.15) is 0 Å². The summed E-state index contributed by atoms with van der Waals surface area (Å²) in [4.78, 5) is 26.0. The number of unbranched alkanes of at least 4 members (excludes halogenated alkanes) is 11. The van der Waals surface area contributed by atoms with Crippen molar-refractivity contribution in [2.75, 3.05) is 25.0 Å². The molecule has 1 fully saturated rings. The van der Waals surface area contributed by atoms with Crippen molar-refractivity contribution in [3.8, 4) is 0 Å². The van der Waals surface area contributed by atoms with Gasteiger partial charge in [0.2, 0.25) is 5.91 Å². The first-order chi connectivity index (χ1) is 23.4. The Morgan fingerprint density at radius 1 is 0.771 bits per heavy atom. The monoisotopic (exact) mass is 666 g/mol. The molecule has 2 aromatic carbocycles. The SMILES string of the molecule is CCCCCCCCN(CCCCCCCC)CC1CC(c2ccc(CO)cc2)OC(c2cccc(NC(=O)CCCCC(=O)O)c2)O1. The molecule has 0 bridgehead atoms. The molecule has 3 atom stereocenters. The average Bonchev–Trinajstić information content (AvgIpc) is 3.09. The second-order valence-corrected chi connectivity index (χ2v) is 13.5. The van der Waals surface area contributed by atoms with E-state index in [1.165, 1.54) is 77.0 Å².